The minimum absolute atomic E-state index is 0.0152. The van der Waals surface area contributed by atoms with Crippen LogP contribution in [-0.2, 0) is 16.8 Å². The van der Waals surface area contributed by atoms with Gasteiger partial charge in [-0.25, -0.2) is 4.39 Å². The lowest BCUT2D eigenvalue weighted by Gasteiger charge is -2.30. The smallest absolute Gasteiger partial charge is 0.221 e. The molecule has 8 heteroatoms. The van der Waals surface area contributed by atoms with Crippen LogP contribution in [0.15, 0.2) is 41.8 Å². The van der Waals surface area contributed by atoms with Gasteiger partial charge in [-0.2, -0.15) is 5.10 Å². The standard InChI is InChI=1S/C21H23FN4OS2/c22-16-7-5-15(6-8-16)21(10-1-2-11-21)14-23-18(27)9-12-26-19(24-25-20(26)28)17-4-3-13-29-17/h3-8,13H,1-2,9-12,14H2,(H,23,27)(H,25,28). The van der Waals surface area contributed by atoms with Gasteiger partial charge in [0.1, 0.15) is 5.82 Å². The van der Waals surface area contributed by atoms with Gasteiger partial charge in [-0.15, -0.1) is 11.3 Å². The quantitative estimate of drug-likeness (QED) is 0.528. The van der Waals surface area contributed by atoms with Gasteiger partial charge in [0.25, 0.3) is 0 Å². The number of nitrogens with one attached hydrogen (secondary N) is 2. The number of H-pyrrole nitrogens is 1. The molecule has 152 valence electrons. The third kappa shape index (κ3) is 4.33. The van der Waals surface area contributed by atoms with E-state index in [2.05, 4.69) is 15.5 Å². The van der Waals surface area contributed by atoms with Crippen LogP contribution >= 0.6 is 23.6 Å². The van der Waals surface area contributed by atoms with Crippen molar-refractivity contribution in [1.82, 2.24) is 20.1 Å². The van der Waals surface area contributed by atoms with Gasteiger partial charge in [-0.3, -0.25) is 14.5 Å². The molecule has 29 heavy (non-hydrogen) atoms. The number of aromatic nitrogens is 3. The van der Waals surface area contributed by atoms with Crippen molar-refractivity contribution >= 4 is 29.5 Å². The van der Waals surface area contributed by atoms with Gasteiger partial charge < -0.3 is 5.32 Å². The van der Waals surface area contributed by atoms with Crippen molar-refractivity contribution in [2.24, 2.45) is 0 Å². The second-order valence-corrected chi connectivity index (χ2v) is 8.84. The average molecular weight is 431 g/mol. The van der Waals surface area contributed by atoms with Crippen molar-refractivity contribution in [2.45, 2.75) is 44.1 Å². The first-order chi connectivity index (χ1) is 14.1. The molecule has 0 radical (unpaired) electrons. The Morgan fingerprint density at radius 2 is 2.03 bits per heavy atom. The lowest BCUT2D eigenvalue weighted by molar-refractivity contribution is -0.121. The molecule has 1 fully saturated rings. The number of carbonyl (C=O) groups is 1. The van der Waals surface area contributed by atoms with Gasteiger partial charge >= 0.3 is 0 Å². The maximum Gasteiger partial charge on any atom is 0.221 e. The SMILES string of the molecule is O=C(CCn1c(-c2cccs2)n[nH]c1=S)NCC1(c2ccc(F)cc2)CCCC1. The molecule has 5 nitrogen and oxygen atoms in total. The van der Waals surface area contributed by atoms with Crippen molar-refractivity contribution in [1.29, 1.82) is 0 Å². The van der Waals surface area contributed by atoms with Crippen LogP contribution in [-0.4, -0.2) is 27.2 Å². The van der Waals surface area contributed by atoms with E-state index < -0.39 is 0 Å². The molecule has 2 N–H and O–H groups in total. The van der Waals surface area contributed by atoms with Crippen molar-refractivity contribution in [3.05, 3.63) is 57.9 Å². The molecule has 4 rings (SSSR count). The zero-order valence-corrected chi connectivity index (χ0v) is 17.6. The summed E-state index contributed by atoms with van der Waals surface area (Å²) in [7, 11) is 0. The van der Waals surface area contributed by atoms with Crippen molar-refractivity contribution < 1.29 is 9.18 Å². The molecular weight excluding hydrogens is 407 g/mol. The van der Waals surface area contributed by atoms with Gasteiger partial charge in [0.15, 0.2) is 10.6 Å². The van der Waals surface area contributed by atoms with Gasteiger partial charge in [-0.1, -0.05) is 31.0 Å². The third-order valence-corrected chi connectivity index (χ3v) is 6.88. The molecule has 0 atom stereocenters. The van der Waals surface area contributed by atoms with Crippen LogP contribution in [0, 0.1) is 10.6 Å². The molecule has 1 aliphatic rings. The van der Waals surface area contributed by atoms with Crippen LogP contribution in [0.4, 0.5) is 4.39 Å². The molecule has 2 heterocycles. The number of hydrogen-bond donors (Lipinski definition) is 2. The predicted octanol–water partition coefficient (Wildman–Crippen LogP) is 4.83. The van der Waals surface area contributed by atoms with Crippen molar-refractivity contribution in [3.63, 3.8) is 0 Å². The fraction of sp³-hybridized carbons (Fsp3) is 0.381. The first kappa shape index (κ1) is 20.0. The molecule has 0 saturated heterocycles. The highest BCUT2D eigenvalue weighted by Crippen LogP contribution is 2.40. The summed E-state index contributed by atoms with van der Waals surface area (Å²) in [6.07, 6.45) is 4.59. The number of thiophene rings is 1. The highest BCUT2D eigenvalue weighted by atomic mass is 32.1. The van der Waals surface area contributed by atoms with E-state index in [0.717, 1.165) is 41.9 Å². The van der Waals surface area contributed by atoms with Crippen LogP contribution in [0.1, 0.15) is 37.7 Å². The zero-order chi connectivity index (χ0) is 20.3. The van der Waals surface area contributed by atoms with Gasteiger partial charge in [0, 0.05) is 24.9 Å². The Kier molecular flexibility index (Phi) is 5.91. The summed E-state index contributed by atoms with van der Waals surface area (Å²) in [4.78, 5) is 13.6. The number of amides is 1. The molecule has 2 aromatic heterocycles. The maximum atomic E-state index is 13.3. The minimum atomic E-state index is -0.232. The third-order valence-electron chi connectivity index (χ3n) is 5.70. The summed E-state index contributed by atoms with van der Waals surface area (Å²) in [5.41, 5.74) is 1.01. The number of halogens is 1. The van der Waals surface area contributed by atoms with Crippen molar-refractivity contribution in [3.8, 4) is 10.7 Å². The fourth-order valence-electron chi connectivity index (χ4n) is 4.11. The van der Waals surface area contributed by atoms with E-state index in [0.29, 0.717) is 24.3 Å². The lowest BCUT2D eigenvalue weighted by atomic mass is 9.79. The monoisotopic (exact) mass is 430 g/mol. The molecule has 0 bridgehead atoms. The molecular formula is C21H23FN4OS2. The minimum Gasteiger partial charge on any atom is -0.355 e. The maximum absolute atomic E-state index is 13.3. The molecule has 0 aliphatic heterocycles. The Labute approximate surface area is 178 Å². The Morgan fingerprint density at radius 3 is 2.72 bits per heavy atom. The van der Waals surface area contributed by atoms with E-state index >= 15 is 0 Å². The predicted molar refractivity (Wildman–Crippen MR) is 115 cm³/mol. The second kappa shape index (κ2) is 8.59. The highest BCUT2D eigenvalue weighted by Gasteiger charge is 2.35. The molecule has 3 aromatic rings. The molecule has 0 spiro atoms. The van der Waals surface area contributed by atoms with Crippen LogP contribution < -0.4 is 5.32 Å². The Morgan fingerprint density at radius 1 is 1.28 bits per heavy atom. The van der Waals surface area contributed by atoms with E-state index in [1.54, 1.807) is 11.3 Å². The zero-order valence-electron chi connectivity index (χ0n) is 16.0. The summed E-state index contributed by atoms with van der Waals surface area (Å²) in [5, 5.41) is 12.2. The van der Waals surface area contributed by atoms with E-state index in [4.69, 9.17) is 12.2 Å². The number of hydrogen-bond acceptors (Lipinski definition) is 4. The number of carbonyl (C=O) groups excluding carboxylic acids is 1. The van der Waals surface area contributed by atoms with Gasteiger partial charge in [0.2, 0.25) is 5.91 Å². The first-order valence-electron chi connectivity index (χ1n) is 9.79. The summed E-state index contributed by atoms with van der Waals surface area (Å²) in [6, 6.07) is 10.7. The Balaban J connectivity index is 1.40. The van der Waals surface area contributed by atoms with Crippen LogP contribution in [0.3, 0.4) is 0 Å². The summed E-state index contributed by atoms with van der Waals surface area (Å²) < 4.78 is 15.7. The van der Waals surface area contributed by atoms with Crippen molar-refractivity contribution in [2.75, 3.05) is 6.54 Å². The van der Waals surface area contributed by atoms with Crippen LogP contribution in [0.5, 0.6) is 0 Å². The highest BCUT2D eigenvalue weighted by molar-refractivity contribution is 7.71. The summed E-state index contributed by atoms with van der Waals surface area (Å²) in [6.45, 7) is 1.05. The molecule has 1 aromatic carbocycles. The second-order valence-electron chi connectivity index (χ2n) is 7.50. The van der Waals surface area contributed by atoms with Gasteiger partial charge in [0.05, 0.1) is 4.88 Å². The summed E-state index contributed by atoms with van der Waals surface area (Å²) >= 11 is 6.92. The molecule has 1 saturated carbocycles. The van der Waals surface area contributed by atoms with Crippen LogP contribution in [0.25, 0.3) is 10.7 Å². The number of benzene rings is 1. The van der Waals surface area contributed by atoms with Crippen LogP contribution in [0.2, 0.25) is 0 Å². The fourth-order valence-corrected chi connectivity index (χ4v) is 5.06. The summed E-state index contributed by atoms with van der Waals surface area (Å²) in [5.74, 6) is 0.513. The number of aromatic amines is 1. The topological polar surface area (TPSA) is 62.7 Å². The van der Waals surface area contributed by atoms with E-state index in [1.165, 1.54) is 12.1 Å². The average Bonchev–Trinajstić information content (AvgIpc) is 3.47. The Bertz CT molecular complexity index is 1020. The Hall–Kier alpha value is -2.32. The largest absolute Gasteiger partial charge is 0.355 e. The number of rotatable bonds is 7. The molecule has 1 amide bonds. The van der Waals surface area contributed by atoms with E-state index in [1.807, 2.05) is 34.2 Å². The van der Waals surface area contributed by atoms with Gasteiger partial charge in [-0.05, 0) is 54.2 Å². The van der Waals surface area contributed by atoms with E-state index in [-0.39, 0.29) is 17.1 Å². The molecule has 1 aliphatic carbocycles. The number of nitrogens with zero attached hydrogens (tertiary/aromatic N) is 2. The molecule has 0 unspecified atom stereocenters. The first-order valence-corrected chi connectivity index (χ1v) is 11.1. The lowest BCUT2D eigenvalue weighted by Crippen LogP contribution is -2.39. The normalized spacial score (nSPS) is 15.5. The van der Waals surface area contributed by atoms with E-state index in [9.17, 15) is 9.18 Å².